The van der Waals surface area contributed by atoms with Gasteiger partial charge in [0.15, 0.2) is 0 Å². The molecule has 0 saturated heterocycles. The van der Waals surface area contributed by atoms with Gasteiger partial charge >= 0.3 is 0 Å². The summed E-state index contributed by atoms with van der Waals surface area (Å²) in [5.41, 5.74) is 2.22. The van der Waals surface area contributed by atoms with Crippen LogP contribution in [0.2, 0.25) is 0 Å². The van der Waals surface area contributed by atoms with E-state index in [1.54, 1.807) is 14.2 Å². The van der Waals surface area contributed by atoms with Crippen LogP contribution in [0.3, 0.4) is 0 Å². The van der Waals surface area contributed by atoms with Gasteiger partial charge in [0.05, 0.1) is 20.3 Å². The first-order valence-corrected chi connectivity index (χ1v) is 6.08. The Hall–Kier alpha value is -1.26. The van der Waals surface area contributed by atoms with Gasteiger partial charge in [-0.15, -0.1) is 0 Å². The lowest BCUT2D eigenvalue weighted by Gasteiger charge is -2.27. The maximum atomic E-state index is 5.49. The van der Waals surface area contributed by atoms with Gasteiger partial charge in [0.2, 0.25) is 0 Å². The summed E-state index contributed by atoms with van der Waals surface area (Å²) in [5, 5.41) is 3.21. The first-order valence-electron chi connectivity index (χ1n) is 6.08. The number of nitrogens with one attached hydrogen (secondary N) is 1. The Morgan fingerprint density at radius 3 is 2.22 bits per heavy atom. The minimum atomic E-state index is 0.249. The Morgan fingerprint density at radius 1 is 1.17 bits per heavy atom. The first-order chi connectivity index (χ1) is 8.54. The van der Waals surface area contributed by atoms with Crippen molar-refractivity contribution in [3.63, 3.8) is 0 Å². The predicted octanol–water partition coefficient (Wildman–Crippen LogP) is 1.83. The third-order valence-electron chi connectivity index (χ3n) is 3.13. The number of methoxy groups -OCH3 is 2. The molecule has 102 valence electrons. The molecule has 1 N–H and O–H groups in total. The lowest BCUT2D eigenvalue weighted by Crippen LogP contribution is -2.29. The maximum Gasteiger partial charge on any atom is 0.124 e. The van der Waals surface area contributed by atoms with Gasteiger partial charge in [-0.2, -0.15) is 0 Å². The second-order valence-corrected chi connectivity index (χ2v) is 4.60. The molecule has 4 nitrogen and oxygen atoms in total. The molecule has 0 aliphatic rings. The van der Waals surface area contributed by atoms with E-state index in [1.165, 1.54) is 0 Å². The second-order valence-electron chi connectivity index (χ2n) is 4.60. The fourth-order valence-corrected chi connectivity index (χ4v) is 2.10. The Kier molecular flexibility index (Phi) is 5.44. The monoisotopic (exact) mass is 252 g/mol. The van der Waals surface area contributed by atoms with Crippen molar-refractivity contribution in [2.75, 3.05) is 41.9 Å². The van der Waals surface area contributed by atoms with Gasteiger partial charge in [0, 0.05) is 12.1 Å². The van der Waals surface area contributed by atoms with Crippen LogP contribution < -0.4 is 14.8 Å². The summed E-state index contributed by atoms with van der Waals surface area (Å²) in [6.45, 7) is 2.88. The number of likely N-dealkylation sites (N-methyl/N-ethyl adjacent to an activating group) is 2. The van der Waals surface area contributed by atoms with E-state index in [9.17, 15) is 0 Å². The maximum absolute atomic E-state index is 5.49. The molecular weight excluding hydrogens is 228 g/mol. The van der Waals surface area contributed by atoms with E-state index in [1.807, 2.05) is 20.0 Å². The molecule has 0 aliphatic heterocycles. The molecule has 0 saturated carbocycles. The molecule has 1 aromatic carbocycles. The average Bonchev–Trinajstić information content (AvgIpc) is 2.35. The van der Waals surface area contributed by atoms with E-state index in [4.69, 9.17) is 9.47 Å². The molecule has 1 rings (SSSR count). The van der Waals surface area contributed by atoms with E-state index >= 15 is 0 Å². The Labute approximate surface area is 110 Å². The summed E-state index contributed by atoms with van der Waals surface area (Å²) in [5.74, 6) is 1.80. The number of hydrogen-bond donors (Lipinski definition) is 1. The molecule has 1 atom stereocenters. The number of ether oxygens (including phenoxy) is 2. The largest absolute Gasteiger partial charge is 0.496 e. The molecule has 0 bridgehead atoms. The zero-order valence-electron chi connectivity index (χ0n) is 12.2. The molecule has 4 heteroatoms. The highest BCUT2D eigenvalue weighted by atomic mass is 16.5. The van der Waals surface area contributed by atoms with E-state index in [0.29, 0.717) is 0 Å². The molecule has 0 amide bonds. The highest BCUT2D eigenvalue weighted by Crippen LogP contribution is 2.33. The van der Waals surface area contributed by atoms with Crippen LogP contribution in [0.5, 0.6) is 11.5 Å². The molecule has 1 unspecified atom stereocenters. The van der Waals surface area contributed by atoms with Crippen LogP contribution in [0.25, 0.3) is 0 Å². The normalized spacial score (nSPS) is 12.6. The van der Waals surface area contributed by atoms with Gasteiger partial charge in [-0.3, -0.25) is 0 Å². The molecule has 1 aromatic rings. The van der Waals surface area contributed by atoms with Crippen molar-refractivity contribution in [1.29, 1.82) is 0 Å². The lowest BCUT2D eigenvalue weighted by atomic mass is 10.0. The molecule has 0 spiro atoms. The second kappa shape index (κ2) is 6.61. The van der Waals surface area contributed by atoms with Crippen molar-refractivity contribution in [2.24, 2.45) is 0 Å². The van der Waals surface area contributed by atoms with E-state index < -0.39 is 0 Å². The third-order valence-corrected chi connectivity index (χ3v) is 3.13. The summed E-state index contributed by atoms with van der Waals surface area (Å²) in [4.78, 5) is 2.17. The van der Waals surface area contributed by atoms with E-state index in [2.05, 4.69) is 30.4 Å². The van der Waals surface area contributed by atoms with Crippen molar-refractivity contribution in [3.05, 3.63) is 23.3 Å². The summed E-state index contributed by atoms with van der Waals surface area (Å²) in [6, 6.07) is 4.34. The smallest absolute Gasteiger partial charge is 0.124 e. The van der Waals surface area contributed by atoms with Gasteiger partial charge < -0.3 is 19.7 Å². The van der Waals surface area contributed by atoms with E-state index in [0.717, 1.165) is 29.2 Å². The summed E-state index contributed by atoms with van der Waals surface area (Å²) in [7, 11) is 9.48. The average molecular weight is 252 g/mol. The van der Waals surface area contributed by atoms with Gasteiger partial charge in [0.1, 0.15) is 11.5 Å². The highest BCUT2D eigenvalue weighted by Gasteiger charge is 2.19. The quantitative estimate of drug-likeness (QED) is 0.837. The minimum absolute atomic E-state index is 0.249. The summed E-state index contributed by atoms with van der Waals surface area (Å²) in [6.07, 6.45) is 0. The molecule has 0 fully saturated rings. The molecule has 0 radical (unpaired) electrons. The van der Waals surface area contributed by atoms with Crippen LogP contribution in [-0.4, -0.2) is 46.8 Å². The van der Waals surface area contributed by atoms with Gasteiger partial charge in [-0.1, -0.05) is 0 Å². The van der Waals surface area contributed by atoms with Crippen LogP contribution in [0, 0.1) is 6.92 Å². The topological polar surface area (TPSA) is 33.7 Å². The predicted molar refractivity (Wildman–Crippen MR) is 74.6 cm³/mol. The van der Waals surface area contributed by atoms with Crippen LogP contribution >= 0.6 is 0 Å². The van der Waals surface area contributed by atoms with Gasteiger partial charge in [-0.05, 0) is 45.8 Å². The Morgan fingerprint density at radius 2 is 1.78 bits per heavy atom. The van der Waals surface area contributed by atoms with Gasteiger partial charge in [0.25, 0.3) is 0 Å². The number of nitrogens with zero attached hydrogens (tertiary/aromatic N) is 1. The highest BCUT2D eigenvalue weighted by molar-refractivity contribution is 5.47. The molecular formula is C14H24N2O2. The summed E-state index contributed by atoms with van der Waals surface area (Å²) >= 11 is 0. The third kappa shape index (κ3) is 3.15. The zero-order chi connectivity index (χ0) is 13.7. The van der Waals surface area contributed by atoms with Gasteiger partial charge in [-0.25, -0.2) is 0 Å². The molecule has 18 heavy (non-hydrogen) atoms. The van der Waals surface area contributed by atoms with Crippen molar-refractivity contribution in [1.82, 2.24) is 10.2 Å². The van der Waals surface area contributed by atoms with Crippen LogP contribution in [0.15, 0.2) is 12.1 Å². The van der Waals surface area contributed by atoms with Crippen molar-refractivity contribution in [2.45, 2.75) is 13.0 Å². The number of aryl methyl sites for hydroxylation is 1. The Balaban J connectivity index is 3.25. The van der Waals surface area contributed by atoms with Crippen LogP contribution in [0.4, 0.5) is 0 Å². The fourth-order valence-electron chi connectivity index (χ4n) is 2.10. The standard InChI is InChI=1S/C14H24N2O2/c1-10-7-14(18-6)11(8-13(10)17-5)12(9-15-2)16(3)4/h7-8,12,15H,9H2,1-6H3. The number of rotatable bonds is 6. The Bertz CT molecular complexity index is 392. The number of benzene rings is 1. The van der Waals surface area contributed by atoms with Crippen molar-refractivity contribution in [3.8, 4) is 11.5 Å². The first kappa shape index (κ1) is 14.8. The van der Waals surface area contributed by atoms with Crippen LogP contribution in [0.1, 0.15) is 17.2 Å². The minimum Gasteiger partial charge on any atom is -0.496 e. The van der Waals surface area contributed by atoms with Crippen molar-refractivity contribution >= 4 is 0 Å². The van der Waals surface area contributed by atoms with Crippen LogP contribution in [-0.2, 0) is 0 Å². The molecule has 0 heterocycles. The fraction of sp³-hybridized carbons (Fsp3) is 0.571. The number of hydrogen-bond acceptors (Lipinski definition) is 4. The molecule has 0 aromatic heterocycles. The SMILES string of the molecule is CNCC(c1cc(OC)c(C)cc1OC)N(C)C. The molecule has 0 aliphatic carbocycles. The van der Waals surface area contributed by atoms with E-state index in [-0.39, 0.29) is 6.04 Å². The summed E-state index contributed by atoms with van der Waals surface area (Å²) < 4.78 is 10.9. The van der Waals surface area contributed by atoms with Crippen molar-refractivity contribution < 1.29 is 9.47 Å². The lowest BCUT2D eigenvalue weighted by molar-refractivity contribution is 0.282. The zero-order valence-corrected chi connectivity index (χ0v) is 12.2.